The quantitative estimate of drug-likeness (QED) is 0.428. The molecule has 1 aliphatic heterocycles. The van der Waals surface area contributed by atoms with Crippen LogP contribution in [-0.4, -0.2) is 56.0 Å². The van der Waals surface area contributed by atoms with Crippen LogP contribution in [0.3, 0.4) is 0 Å². The first-order chi connectivity index (χ1) is 14.2. The number of carbonyl (C=O) groups is 1. The minimum atomic E-state index is -3.22. The summed E-state index contributed by atoms with van der Waals surface area (Å²) in [5.74, 6) is -0.372. The molecule has 1 N–H and O–H groups in total. The number of nitrogens with zero attached hydrogens (tertiary/aromatic N) is 3. The topological polar surface area (TPSA) is 113 Å². The molecular weight excluding hydrogens is 408 g/mol. The zero-order chi connectivity index (χ0) is 21.7. The first-order valence-corrected chi connectivity index (χ1v) is 11.1. The van der Waals surface area contributed by atoms with Gasteiger partial charge in [-0.25, -0.2) is 8.42 Å². The monoisotopic (exact) mass is 430 g/mol. The molecule has 0 aliphatic carbocycles. The standard InChI is InChI=1S/C20H22N4O5S/c1-30(28,29)23-13-11-22(12-14-23)19-8-3-2-7-18(19)21-20(25)10-9-16-5-4-6-17(15-16)24(26)27/h2-10,15H,11-14H2,1H3,(H,21,25). The van der Waals surface area contributed by atoms with Crippen molar-refractivity contribution in [3.05, 3.63) is 70.3 Å². The zero-order valence-corrected chi connectivity index (χ0v) is 17.2. The summed E-state index contributed by atoms with van der Waals surface area (Å²) < 4.78 is 24.8. The molecule has 2 aromatic carbocycles. The van der Waals surface area contributed by atoms with Gasteiger partial charge in [0.15, 0.2) is 0 Å². The lowest BCUT2D eigenvalue weighted by atomic mass is 10.2. The van der Waals surface area contributed by atoms with Gasteiger partial charge < -0.3 is 10.2 Å². The van der Waals surface area contributed by atoms with E-state index in [0.29, 0.717) is 37.4 Å². The van der Waals surface area contributed by atoms with E-state index >= 15 is 0 Å². The van der Waals surface area contributed by atoms with Crippen LogP contribution in [-0.2, 0) is 14.8 Å². The Balaban J connectivity index is 1.68. The highest BCUT2D eigenvalue weighted by molar-refractivity contribution is 7.88. The number of piperazine rings is 1. The lowest BCUT2D eigenvalue weighted by Crippen LogP contribution is -2.48. The maximum Gasteiger partial charge on any atom is 0.270 e. The predicted octanol–water partition coefficient (Wildman–Crippen LogP) is 2.33. The summed E-state index contributed by atoms with van der Waals surface area (Å²) in [4.78, 5) is 24.8. The summed E-state index contributed by atoms with van der Waals surface area (Å²) in [5, 5.41) is 13.7. The van der Waals surface area contributed by atoms with E-state index in [1.165, 1.54) is 34.8 Å². The van der Waals surface area contributed by atoms with E-state index in [2.05, 4.69) is 5.32 Å². The Morgan fingerprint density at radius 1 is 1.10 bits per heavy atom. The van der Waals surface area contributed by atoms with Crippen LogP contribution in [0, 0.1) is 10.1 Å². The molecule has 0 bridgehead atoms. The number of hydrogen-bond acceptors (Lipinski definition) is 6. The van der Waals surface area contributed by atoms with Crippen molar-refractivity contribution in [3.8, 4) is 0 Å². The molecule has 3 rings (SSSR count). The molecule has 1 saturated heterocycles. The van der Waals surface area contributed by atoms with Crippen LogP contribution < -0.4 is 10.2 Å². The third-order valence-corrected chi connectivity index (χ3v) is 6.02. The average Bonchev–Trinajstić information content (AvgIpc) is 2.72. The highest BCUT2D eigenvalue weighted by atomic mass is 32.2. The fourth-order valence-electron chi connectivity index (χ4n) is 3.20. The fraction of sp³-hybridized carbons (Fsp3) is 0.250. The Bertz CT molecular complexity index is 1080. The van der Waals surface area contributed by atoms with Crippen molar-refractivity contribution in [2.24, 2.45) is 0 Å². The number of nitro benzene ring substituents is 1. The van der Waals surface area contributed by atoms with Crippen molar-refractivity contribution in [2.45, 2.75) is 0 Å². The Morgan fingerprint density at radius 2 is 1.80 bits per heavy atom. The lowest BCUT2D eigenvalue weighted by Gasteiger charge is -2.35. The van der Waals surface area contributed by atoms with Gasteiger partial charge in [-0.1, -0.05) is 24.3 Å². The number of amides is 1. The molecular formula is C20H22N4O5S. The molecule has 0 spiro atoms. The maximum atomic E-state index is 12.4. The number of para-hydroxylation sites is 2. The summed E-state index contributed by atoms with van der Waals surface area (Å²) in [6.45, 7) is 1.80. The number of hydrogen-bond donors (Lipinski definition) is 1. The number of rotatable bonds is 6. The van der Waals surface area contributed by atoms with E-state index in [1.807, 2.05) is 17.0 Å². The van der Waals surface area contributed by atoms with E-state index in [-0.39, 0.29) is 11.6 Å². The number of carbonyl (C=O) groups excluding carboxylic acids is 1. The minimum Gasteiger partial charge on any atom is -0.367 e. The number of anilines is 2. The second-order valence-corrected chi connectivity index (χ2v) is 8.82. The van der Waals surface area contributed by atoms with Crippen molar-refractivity contribution >= 4 is 39.1 Å². The van der Waals surface area contributed by atoms with Crippen LogP contribution in [0.4, 0.5) is 17.1 Å². The fourth-order valence-corrected chi connectivity index (χ4v) is 4.03. The zero-order valence-electron chi connectivity index (χ0n) is 16.4. The molecule has 0 atom stereocenters. The highest BCUT2D eigenvalue weighted by Crippen LogP contribution is 2.27. The van der Waals surface area contributed by atoms with E-state index < -0.39 is 14.9 Å². The molecule has 9 nitrogen and oxygen atoms in total. The van der Waals surface area contributed by atoms with Gasteiger partial charge in [0, 0.05) is 44.4 Å². The van der Waals surface area contributed by atoms with Crippen molar-refractivity contribution in [3.63, 3.8) is 0 Å². The van der Waals surface area contributed by atoms with E-state index in [9.17, 15) is 23.3 Å². The number of nitro groups is 1. The largest absolute Gasteiger partial charge is 0.367 e. The molecule has 10 heteroatoms. The van der Waals surface area contributed by atoms with Gasteiger partial charge in [0.05, 0.1) is 22.6 Å². The number of non-ortho nitro benzene ring substituents is 1. The second-order valence-electron chi connectivity index (χ2n) is 6.84. The summed E-state index contributed by atoms with van der Waals surface area (Å²) in [6, 6.07) is 13.3. The molecule has 0 radical (unpaired) electrons. The van der Waals surface area contributed by atoms with E-state index in [0.717, 1.165) is 5.69 Å². The van der Waals surface area contributed by atoms with Gasteiger partial charge in [0.25, 0.3) is 5.69 Å². The normalized spacial score (nSPS) is 15.3. The van der Waals surface area contributed by atoms with Crippen LogP contribution in [0.1, 0.15) is 5.56 Å². The molecule has 0 saturated carbocycles. The number of benzene rings is 2. The van der Waals surface area contributed by atoms with E-state index in [1.54, 1.807) is 24.3 Å². The summed E-state index contributed by atoms with van der Waals surface area (Å²) >= 11 is 0. The Labute approximate surface area is 174 Å². The molecule has 1 aliphatic rings. The second kappa shape index (κ2) is 9.06. The summed E-state index contributed by atoms with van der Waals surface area (Å²) in [7, 11) is -3.22. The third kappa shape index (κ3) is 5.43. The first kappa shape index (κ1) is 21.5. The highest BCUT2D eigenvalue weighted by Gasteiger charge is 2.24. The van der Waals surface area contributed by atoms with E-state index in [4.69, 9.17) is 0 Å². The summed E-state index contributed by atoms with van der Waals surface area (Å²) in [5.41, 5.74) is 1.92. The van der Waals surface area contributed by atoms with Crippen molar-refractivity contribution in [2.75, 3.05) is 42.7 Å². The molecule has 1 fully saturated rings. The summed E-state index contributed by atoms with van der Waals surface area (Å²) in [6.07, 6.45) is 4.03. The van der Waals surface area contributed by atoms with Gasteiger partial charge in [-0.15, -0.1) is 0 Å². The third-order valence-electron chi connectivity index (χ3n) is 4.72. The smallest absolute Gasteiger partial charge is 0.270 e. The molecule has 1 amide bonds. The van der Waals surface area contributed by atoms with Crippen LogP contribution >= 0.6 is 0 Å². The van der Waals surface area contributed by atoms with Gasteiger partial charge in [0.2, 0.25) is 15.9 Å². The Hall–Kier alpha value is -3.24. The molecule has 0 unspecified atom stereocenters. The van der Waals surface area contributed by atoms with Crippen molar-refractivity contribution in [1.82, 2.24) is 4.31 Å². The molecule has 1 heterocycles. The average molecular weight is 430 g/mol. The number of sulfonamides is 1. The number of nitrogens with one attached hydrogen (secondary N) is 1. The lowest BCUT2D eigenvalue weighted by molar-refractivity contribution is -0.384. The van der Waals surface area contributed by atoms with Crippen LogP contribution in [0.15, 0.2) is 54.6 Å². The Kier molecular flexibility index (Phi) is 6.48. The van der Waals surface area contributed by atoms with Crippen LogP contribution in [0.25, 0.3) is 6.08 Å². The first-order valence-electron chi connectivity index (χ1n) is 9.26. The maximum absolute atomic E-state index is 12.4. The molecule has 0 aromatic heterocycles. The van der Waals surface area contributed by atoms with Gasteiger partial charge in [-0.05, 0) is 23.8 Å². The molecule has 158 valence electrons. The molecule has 30 heavy (non-hydrogen) atoms. The van der Waals surface area contributed by atoms with Crippen molar-refractivity contribution < 1.29 is 18.1 Å². The Morgan fingerprint density at radius 3 is 2.47 bits per heavy atom. The van der Waals surface area contributed by atoms with Gasteiger partial charge in [0.1, 0.15) is 0 Å². The van der Waals surface area contributed by atoms with Gasteiger partial charge in [-0.2, -0.15) is 4.31 Å². The van der Waals surface area contributed by atoms with Crippen LogP contribution in [0.5, 0.6) is 0 Å². The van der Waals surface area contributed by atoms with Crippen molar-refractivity contribution in [1.29, 1.82) is 0 Å². The minimum absolute atomic E-state index is 0.0452. The predicted molar refractivity (Wildman–Crippen MR) is 116 cm³/mol. The molecule has 2 aromatic rings. The van der Waals surface area contributed by atoms with Crippen LogP contribution in [0.2, 0.25) is 0 Å². The van der Waals surface area contributed by atoms with Gasteiger partial charge >= 0.3 is 0 Å². The SMILES string of the molecule is CS(=O)(=O)N1CCN(c2ccccc2NC(=O)C=Cc2cccc([N+](=O)[O-])c2)CC1. The van der Waals surface area contributed by atoms with Gasteiger partial charge in [-0.3, -0.25) is 14.9 Å².